The third-order valence-corrected chi connectivity index (χ3v) is 6.84. The number of benzene rings is 3. The SMILES string of the molecule is CC(=O)Nc1cccc(NS(=O)(=O)c2ccc3c(c2)CCCN3C(=O)c2ccc(C)cc2)c1. The summed E-state index contributed by atoms with van der Waals surface area (Å²) in [5.74, 6) is -0.339. The molecule has 7 nitrogen and oxygen atoms in total. The van der Waals surface area contributed by atoms with Crippen molar-refractivity contribution < 1.29 is 18.0 Å². The zero-order valence-electron chi connectivity index (χ0n) is 18.5. The minimum absolute atomic E-state index is 0.0977. The van der Waals surface area contributed by atoms with E-state index in [1.165, 1.54) is 13.0 Å². The molecule has 170 valence electrons. The van der Waals surface area contributed by atoms with E-state index in [-0.39, 0.29) is 16.7 Å². The van der Waals surface area contributed by atoms with Gasteiger partial charge in [-0.2, -0.15) is 0 Å². The number of nitrogens with one attached hydrogen (secondary N) is 2. The summed E-state index contributed by atoms with van der Waals surface area (Å²) in [6.07, 6.45) is 1.44. The van der Waals surface area contributed by atoms with Gasteiger partial charge in [-0.1, -0.05) is 23.8 Å². The number of nitrogens with zero attached hydrogens (tertiary/aromatic N) is 1. The summed E-state index contributed by atoms with van der Waals surface area (Å²) in [6.45, 7) is 3.94. The van der Waals surface area contributed by atoms with Gasteiger partial charge >= 0.3 is 0 Å². The maximum atomic E-state index is 13.1. The molecule has 0 atom stereocenters. The maximum absolute atomic E-state index is 13.1. The Kier molecular flexibility index (Phi) is 6.20. The van der Waals surface area contributed by atoms with Crippen molar-refractivity contribution in [3.8, 4) is 0 Å². The second kappa shape index (κ2) is 9.07. The molecular weight excluding hydrogens is 438 g/mol. The normalized spacial score (nSPS) is 13.2. The molecule has 3 aromatic rings. The van der Waals surface area contributed by atoms with E-state index in [1.807, 2.05) is 31.2 Å². The van der Waals surface area contributed by atoms with Crippen LogP contribution in [0.4, 0.5) is 17.1 Å². The molecule has 2 N–H and O–H groups in total. The van der Waals surface area contributed by atoms with E-state index >= 15 is 0 Å². The first-order valence-electron chi connectivity index (χ1n) is 10.6. The van der Waals surface area contributed by atoms with Crippen LogP contribution in [0.2, 0.25) is 0 Å². The van der Waals surface area contributed by atoms with Crippen LogP contribution in [0.1, 0.15) is 34.8 Å². The first-order valence-corrected chi connectivity index (χ1v) is 12.1. The Bertz CT molecular complexity index is 1320. The summed E-state index contributed by atoms with van der Waals surface area (Å²) in [7, 11) is -3.85. The first kappa shape index (κ1) is 22.5. The molecule has 1 aliphatic heterocycles. The summed E-state index contributed by atoms with van der Waals surface area (Å²) in [4.78, 5) is 26.2. The van der Waals surface area contributed by atoms with Crippen molar-refractivity contribution in [2.24, 2.45) is 0 Å². The topological polar surface area (TPSA) is 95.6 Å². The molecule has 0 spiro atoms. The molecular formula is C25H25N3O4S. The highest BCUT2D eigenvalue weighted by atomic mass is 32.2. The summed E-state index contributed by atoms with van der Waals surface area (Å²) in [5.41, 5.74) is 4.07. The lowest BCUT2D eigenvalue weighted by atomic mass is 10.0. The van der Waals surface area contributed by atoms with Crippen LogP contribution in [0.15, 0.2) is 71.6 Å². The van der Waals surface area contributed by atoms with Gasteiger partial charge in [-0.3, -0.25) is 14.3 Å². The number of hydrogen-bond acceptors (Lipinski definition) is 4. The van der Waals surface area contributed by atoms with Crippen LogP contribution in [0.25, 0.3) is 0 Å². The van der Waals surface area contributed by atoms with E-state index < -0.39 is 10.0 Å². The molecule has 8 heteroatoms. The number of fused-ring (bicyclic) bond motifs is 1. The monoisotopic (exact) mass is 463 g/mol. The Morgan fingerprint density at radius 2 is 1.67 bits per heavy atom. The third kappa shape index (κ3) is 5.06. The minimum atomic E-state index is -3.85. The van der Waals surface area contributed by atoms with Crippen molar-refractivity contribution in [3.05, 3.63) is 83.4 Å². The number of hydrogen-bond donors (Lipinski definition) is 2. The van der Waals surface area contributed by atoms with Gasteiger partial charge in [0.05, 0.1) is 10.6 Å². The average Bonchev–Trinajstić information content (AvgIpc) is 2.78. The molecule has 0 saturated heterocycles. The van der Waals surface area contributed by atoms with Crippen LogP contribution in [0.3, 0.4) is 0 Å². The number of rotatable bonds is 5. The van der Waals surface area contributed by atoms with Crippen LogP contribution in [0.5, 0.6) is 0 Å². The molecule has 33 heavy (non-hydrogen) atoms. The summed E-state index contributed by atoms with van der Waals surface area (Å²) >= 11 is 0. The van der Waals surface area contributed by atoms with Crippen LogP contribution >= 0.6 is 0 Å². The average molecular weight is 464 g/mol. The first-order chi connectivity index (χ1) is 15.7. The highest BCUT2D eigenvalue weighted by Gasteiger charge is 2.25. The summed E-state index contributed by atoms with van der Waals surface area (Å²) < 4.78 is 28.6. The molecule has 0 bridgehead atoms. The van der Waals surface area contributed by atoms with E-state index in [1.54, 1.807) is 41.3 Å². The summed E-state index contributed by atoms with van der Waals surface area (Å²) in [6, 6.07) is 18.8. The van der Waals surface area contributed by atoms with E-state index in [9.17, 15) is 18.0 Å². The van der Waals surface area contributed by atoms with Gasteiger partial charge in [0.1, 0.15) is 0 Å². The van der Waals surface area contributed by atoms with Crippen molar-refractivity contribution in [1.82, 2.24) is 0 Å². The molecule has 1 aliphatic rings. The Balaban J connectivity index is 1.59. The number of aryl methyl sites for hydroxylation is 2. The number of anilines is 3. The van der Waals surface area contributed by atoms with Crippen LogP contribution in [0, 0.1) is 6.92 Å². The fourth-order valence-electron chi connectivity index (χ4n) is 3.88. The fourth-order valence-corrected chi connectivity index (χ4v) is 4.98. The van der Waals surface area contributed by atoms with E-state index in [0.717, 1.165) is 23.2 Å². The highest BCUT2D eigenvalue weighted by Crippen LogP contribution is 2.31. The van der Waals surface area contributed by atoms with Gasteiger partial charge in [0.2, 0.25) is 5.91 Å². The molecule has 0 aromatic heterocycles. The van der Waals surface area contributed by atoms with Crippen molar-refractivity contribution >= 4 is 38.9 Å². The predicted molar refractivity (Wildman–Crippen MR) is 129 cm³/mol. The lowest BCUT2D eigenvalue weighted by molar-refractivity contribution is -0.114. The zero-order valence-corrected chi connectivity index (χ0v) is 19.3. The number of carbonyl (C=O) groups excluding carboxylic acids is 2. The molecule has 0 radical (unpaired) electrons. The predicted octanol–water partition coefficient (Wildman–Crippen LogP) is 4.35. The maximum Gasteiger partial charge on any atom is 0.261 e. The number of sulfonamides is 1. The molecule has 0 aliphatic carbocycles. The molecule has 0 saturated carbocycles. The Morgan fingerprint density at radius 1 is 0.939 bits per heavy atom. The molecule has 0 unspecified atom stereocenters. The minimum Gasteiger partial charge on any atom is -0.326 e. The van der Waals surface area contributed by atoms with Gasteiger partial charge in [-0.25, -0.2) is 8.42 Å². The Morgan fingerprint density at radius 3 is 2.39 bits per heavy atom. The lowest BCUT2D eigenvalue weighted by Crippen LogP contribution is -2.35. The van der Waals surface area contributed by atoms with Gasteiger partial charge in [0, 0.05) is 30.4 Å². The third-order valence-electron chi connectivity index (χ3n) is 5.46. The van der Waals surface area contributed by atoms with Gasteiger partial charge in [-0.05, 0) is 73.9 Å². The number of carbonyl (C=O) groups is 2. The fraction of sp³-hybridized carbons (Fsp3) is 0.200. The van der Waals surface area contributed by atoms with Crippen LogP contribution in [-0.2, 0) is 21.2 Å². The van der Waals surface area contributed by atoms with Crippen molar-refractivity contribution in [2.45, 2.75) is 31.6 Å². The molecule has 4 rings (SSSR count). The largest absolute Gasteiger partial charge is 0.326 e. The smallest absolute Gasteiger partial charge is 0.261 e. The van der Waals surface area contributed by atoms with E-state index in [2.05, 4.69) is 10.0 Å². The number of amides is 2. The van der Waals surface area contributed by atoms with Crippen LogP contribution in [-0.4, -0.2) is 26.8 Å². The standard InChI is InChI=1S/C25H25N3O4S/c1-17-8-10-19(11-9-17)25(30)28-14-4-5-20-15-23(12-13-24(20)28)33(31,32)27-22-7-3-6-21(16-22)26-18(2)29/h3,6-13,15-16,27H,4-5,14H2,1-2H3,(H,26,29). The van der Waals surface area contributed by atoms with Crippen molar-refractivity contribution in [3.63, 3.8) is 0 Å². The molecule has 1 heterocycles. The molecule has 3 aromatic carbocycles. The van der Waals surface area contributed by atoms with Gasteiger partial charge in [0.25, 0.3) is 15.9 Å². The second-order valence-corrected chi connectivity index (χ2v) is 9.77. The van der Waals surface area contributed by atoms with Crippen molar-refractivity contribution in [1.29, 1.82) is 0 Å². The second-order valence-electron chi connectivity index (χ2n) is 8.08. The quantitative estimate of drug-likeness (QED) is 0.588. The van der Waals surface area contributed by atoms with E-state index in [0.29, 0.717) is 29.9 Å². The van der Waals surface area contributed by atoms with Gasteiger partial charge < -0.3 is 10.2 Å². The van der Waals surface area contributed by atoms with E-state index in [4.69, 9.17) is 0 Å². The highest BCUT2D eigenvalue weighted by molar-refractivity contribution is 7.92. The van der Waals surface area contributed by atoms with Crippen LogP contribution < -0.4 is 14.9 Å². The zero-order chi connectivity index (χ0) is 23.6. The van der Waals surface area contributed by atoms with Gasteiger partial charge in [0.15, 0.2) is 0 Å². The summed E-state index contributed by atoms with van der Waals surface area (Å²) in [5, 5.41) is 2.63. The van der Waals surface area contributed by atoms with Crippen molar-refractivity contribution in [2.75, 3.05) is 21.5 Å². The Hall–Kier alpha value is -3.65. The Labute approximate surface area is 193 Å². The lowest BCUT2D eigenvalue weighted by Gasteiger charge is -2.30. The molecule has 2 amide bonds. The molecule has 0 fully saturated rings. The van der Waals surface area contributed by atoms with Gasteiger partial charge in [-0.15, -0.1) is 0 Å².